The summed E-state index contributed by atoms with van der Waals surface area (Å²) in [6.07, 6.45) is 0. The average molecular weight is 402 g/mol. The maximum atomic E-state index is 14.4. The van der Waals surface area contributed by atoms with Crippen molar-refractivity contribution in [1.29, 1.82) is 0 Å². The largest absolute Gasteiger partial charge is 0.336 e. The molecule has 146 valence electrons. The van der Waals surface area contributed by atoms with Crippen LogP contribution in [0.3, 0.4) is 0 Å². The Bertz CT molecular complexity index is 1160. The zero-order valence-electron chi connectivity index (χ0n) is 15.3. The van der Waals surface area contributed by atoms with Crippen molar-refractivity contribution >= 4 is 27.5 Å². The summed E-state index contributed by atoms with van der Waals surface area (Å²) in [5, 5.41) is 2.17. The van der Waals surface area contributed by atoms with Gasteiger partial charge in [-0.05, 0) is 36.2 Å². The summed E-state index contributed by atoms with van der Waals surface area (Å²) in [5.41, 5.74) is -0.344. The van der Waals surface area contributed by atoms with Crippen molar-refractivity contribution in [2.45, 2.75) is 6.54 Å². The number of halogens is 1. The van der Waals surface area contributed by atoms with Gasteiger partial charge in [0.25, 0.3) is 11.5 Å². The second-order valence-electron chi connectivity index (χ2n) is 6.89. The highest BCUT2D eigenvalue weighted by atomic mass is 32.1. The number of rotatable bonds is 3. The van der Waals surface area contributed by atoms with Crippen molar-refractivity contribution < 1.29 is 9.18 Å². The maximum Gasteiger partial charge on any atom is 0.329 e. The number of nitrogens with zero attached hydrogens (tertiary/aromatic N) is 3. The number of hydrogen-bond acceptors (Lipinski definition) is 5. The minimum absolute atomic E-state index is 0.00181. The fourth-order valence-corrected chi connectivity index (χ4v) is 4.24. The van der Waals surface area contributed by atoms with Crippen molar-refractivity contribution in [3.05, 3.63) is 67.4 Å². The van der Waals surface area contributed by atoms with Gasteiger partial charge >= 0.3 is 5.69 Å². The number of carbonyl (C=O) groups excluding carboxylic acids is 1. The van der Waals surface area contributed by atoms with E-state index in [1.807, 2.05) is 7.05 Å². The Kier molecular flexibility index (Phi) is 4.86. The van der Waals surface area contributed by atoms with Crippen LogP contribution >= 0.6 is 11.3 Å². The van der Waals surface area contributed by atoms with Crippen LogP contribution in [0.25, 0.3) is 10.2 Å². The van der Waals surface area contributed by atoms with Gasteiger partial charge in [-0.15, -0.1) is 11.3 Å². The van der Waals surface area contributed by atoms with E-state index in [0.29, 0.717) is 28.9 Å². The molecule has 9 heteroatoms. The number of piperazine rings is 1. The third-order valence-electron chi connectivity index (χ3n) is 4.99. The first-order chi connectivity index (χ1) is 13.4. The van der Waals surface area contributed by atoms with Gasteiger partial charge < -0.3 is 9.80 Å². The van der Waals surface area contributed by atoms with Crippen molar-refractivity contribution in [2.75, 3.05) is 33.2 Å². The number of thiophene rings is 1. The van der Waals surface area contributed by atoms with E-state index in [1.165, 1.54) is 28.0 Å². The zero-order chi connectivity index (χ0) is 19.8. The number of likely N-dealkylation sites (N-methyl/N-ethyl adjacent to an activating group) is 1. The molecule has 3 aromatic rings. The van der Waals surface area contributed by atoms with Gasteiger partial charge in [-0.3, -0.25) is 19.1 Å². The van der Waals surface area contributed by atoms with Crippen LogP contribution in [0.1, 0.15) is 15.9 Å². The molecule has 2 aromatic heterocycles. The molecule has 1 aromatic carbocycles. The molecule has 28 heavy (non-hydrogen) atoms. The Labute approximate surface area is 163 Å². The van der Waals surface area contributed by atoms with E-state index in [1.54, 1.807) is 22.4 Å². The first-order valence-corrected chi connectivity index (χ1v) is 9.78. The maximum absolute atomic E-state index is 14.4. The SMILES string of the molecule is CN1CCN(C(=O)c2cc(Cn3c(=O)[nH]c(=O)c4ccsc43)ccc2F)CC1. The molecular formula is C19H19FN4O3S. The van der Waals surface area contributed by atoms with Gasteiger partial charge in [0.05, 0.1) is 17.5 Å². The predicted octanol–water partition coefficient (Wildman–Crippen LogP) is 1.33. The van der Waals surface area contributed by atoms with Crippen LogP contribution in [0.2, 0.25) is 0 Å². The lowest BCUT2D eigenvalue weighted by Gasteiger charge is -2.32. The molecule has 1 fully saturated rings. The van der Waals surface area contributed by atoms with Gasteiger partial charge in [-0.25, -0.2) is 9.18 Å². The van der Waals surface area contributed by atoms with E-state index in [2.05, 4.69) is 9.88 Å². The second-order valence-corrected chi connectivity index (χ2v) is 7.79. The molecule has 0 spiro atoms. The summed E-state index contributed by atoms with van der Waals surface area (Å²) < 4.78 is 15.8. The summed E-state index contributed by atoms with van der Waals surface area (Å²) in [4.78, 5) is 43.5. The molecule has 1 saturated heterocycles. The molecule has 1 N–H and O–H groups in total. The van der Waals surface area contributed by atoms with Crippen LogP contribution in [0.15, 0.2) is 39.2 Å². The Morgan fingerprint density at radius 1 is 1.18 bits per heavy atom. The zero-order valence-corrected chi connectivity index (χ0v) is 16.1. The van der Waals surface area contributed by atoms with Crippen LogP contribution < -0.4 is 11.2 Å². The lowest BCUT2D eigenvalue weighted by Crippen LogP contribution is -2.47. The smallest absolute Gasteiger partial charge is 0.329 e. The first-order valence-electron chi connectivity index (χ1n) is 8.90. The molecular weight excluding hydrogens is 383 g/mol. The third kappa shape index (κ3) is 3.38. The Hall–Kier alpha value is -2.78. The van der Waals surface area contributed by atoms with Gasteiger partial charge in [0.2, 0.25) is 0 Å². The first kappa shape index (κ1) is 18.6. The van der Waals surface area contributed by atoms with Crippen LogP contribution in [-0.4, -0.2) is 58.5 Å². The molecule has 3 heterocycles. The van der Waals surface area contributed by atoms with E-state index in [4.69, 9.17) is 0 Å². The molecule has 0 radical (unpaired) electrons. The summed E-state index contributed by atoms with van der Waals surface area (Å²) in [7, 11) is 1.98. The number of carbonyl (C=O) groups is 1. The van der Waals surface area contributed by atoms with Crippen molar-refractivity contribution in [2.24, 2.45) is 0 Å². The van der Waals surface area contributed by atoms with Crippen molar-refractivity contribution in [1.82, 2.24) is 19.4 Å². The van der Waals surface area contributed by atoms with Crippen LogP contribution in [-0.2, 0) is 6.54 Å². The quantitative estimate of drug-likeness (QED) is 0.717. The predicted molar refractivity (Wildman–Crippen MR) is 106 cm³/mol. The number of aromatic nitrogens is 2. The molecule has 0 bridgehead atoms. The summed E-state index contributed by atoms with van der Waals surface area (Å²) in [6.45, 7) is 2.73. The molecule has 4 rings (SSSR count). The van der Waals surface area contributed by atoms with Gasteiger partial charge in [0, 0.05) is 26.2 Å². The third-order valence-corrected chi connectivity index (χ3v) is 5.93. The van der Waals surface area contributed by atoms with Crippen LogP contribution in [0.4, 0.5) is 4.39 Å². The monoisotopic (exact) mass is 402 g/mol. The van der Waals surface area contributed by atoms with E-state index in [-0.39, 0.29) is 18.0 Å². The topological polar surface area (TPSA) is 78.4 Å². The Balaban J connectivity index is 1.67. The van der Waals surface area contributed by atoms with Crippen LogP contribution in [0, 0.1) is 5.82 Å². The minimum atomic E-state index is -0.581. The Morgan fingerprint density at radius 2 is 1.93 bits per heavy atom. The number of amides is 1. The van der Waals surface area contributed by atoms with E-state index in [9.17, 15) is 18.8 Å². The molecule has 0 unspecified atom stereocenters. The summed E-state index contributed by atoms with van der Waals surface area (Å²) in [6, 6.07) is 5.95. The highest BCUT2D eigenvalue weighted by molar-refractivity contribution is 7.16. The van der Waals surface area contributed by atoms with E-state index >= 15 is 0 Å². The van der Waals surface area contributed by atoms with Gasteiger partial charge in [0.1, 0.15) is 10.6 Å². The average Bonchev–Trinajstić information content (AvgIpc) is 3.17. The summed E-state index contributed by atoms with van der Waals surface area (Å²) in [5.74, 6) is -0.926. The van der Waals surface area contributed by atoms with Gasteiger partial charge in [0.15, 0.2) is 0 Å². The van der Waals surface area contributed by atoms with E-state index in [0.717, 1.165) is 13.1 Å². The fraction of sp³-hybridized carbons (Fsp3) is 0.316. The van der Waals surface area contributed by atoms with Crippen molar-refractivity contribution in [3.8, 4) is 0 Å². The Morgan fingerprint density at radius 3 is 2.68 bits per heavy atom. The normalized spacial score (nSPS) is 15.3. The van der Waals surface area contributed by atoms with Gasteiger partial charge in [-0.2, -0.15) is 0 Å². The van der Waals surface area contributed by atoms with Crippen molar-refractivity contribution in [3.63, 3.8) is 0 Å². The molecule has 7 nitrogen and oxygen atoms in total. The molecule has 1 aliphatic heterocycles. The number of aromatic amines is 1. The number of fused-ring (bicyclic) bond motifs is 1. The standard InChI is InChI=1S/C19H19FN4O3S/c1-22-5-7-23(8-6-22)17(26)14-10-12(2-3-15(14)20)11-24-18-13(4-9-28-18)16(25)21-19(24)27/h2-4,9-10H,5-8,11H2,1H3,(H,21,25,27). The summed E-state index contributed by atoms with van der Waals surface area (Å²) >= 11 is 1.29. The molecule has 1 amide bonds. The van der Waals surface area contributed by atoms with Gasteiger partial charge in [-0.1, -0.05) is 6.07 Å². The lowest BCUT2D eigenvalue weighted by molar-refractivity contribution is 0.0659. The number of hydrogen-bond donors (Lipinski definition) is 1. The van der Waals surface area contributed by atoms with E-state index < -0.39 is 17.1 Å². The molecule has 0 aliphatic carbocycles. The van der Waals surface area contributed by atoms with Crippen LogP contribution in [0.5, 0.6) is 0 Å². The second kappa shape index (κ2) is 7.33. The number of nitrogens with one attached hydrogen (secondary N) is 1. The molecule has 1 aliphatic rings. The number of H-pyrrole nitrogens is 1. The number of benzene rings is 1. The fourth-order valence-electron chi connectivity index (χ4n) is 3.35. The minimum Gasteiger partial charge on any atom is -0.336 e. The molecule has 0 atom stereocenters. The highest BCUT2D eigenvalue weighted by Crippen LogP contribution is 2.19. The lowest BCUT2D eigenvalue weighted by atomic mass is 10.1. The highest BCUT2D eigenvalue weighted by Gasteiger charge is 2.23. The molecule has 0 saturated carbocycles.